The van der Waals surface area contributed by atoms with Crippen molar-refractivity contribution in [3.05, 3.63) is 74.1 Å². The Morgan fingerprint density at radius 2 is 1.73 bits per heavy atom. The Labute approximate surface area is 144 Å². The molecule has 114 valence electrons. The second-order valence-electron chi connectivity index (χ2n) is 5.44. The molecule has 0 radical (unpaired) electrons. The number of anilines is 1. The zero-order valence-corrected chi connectivity index (χ0v) is 14.7. The Morgan fingerprint density at radius 3 is 2.36 bits per heavy atom. The highest BCUT2D eigenvalue weighted by Crippen LogP contribution is 2.29. The molecule has 2 heterocycles. The first kappa shape index (κ1) is 15.6. The predicted octanol–water partition coefficient (Wildman–Crippen LogP) is 6.29. The van der Waals surface area contributed by atoms with E-state index in [-0.39, 0.29) is 0 Å². The molecule has 2 aromatic heterocycles. The fourth-order valence-corrected chi connectivity index (χ4v) is 4.10. The van der Waals surface area contributed by atoms with Crippen LogP contribution in [0.3, 0.4) is 0 Å². The lowest BCUT2D eigenvalue weighted by Crippen LogP contribution is -2.25. The summed E-state index contributed by atoms with van der Waals surface area (Å²) in [5.41, 5.74) is 3.92. The first-order valence-corrected chi connectivity index (χ1v) is 9.54. The topological polar surface area (TPSA) is 12.0 Å². The van der Waals surface area contributed by atoms with Gasteiger partial charge in [0.15, 0.2) is 0 Å². The summed E-state index contributed by atoms with van der Waals surface area (Å²) in [6, 6.07) is 12.9. The van der Waals surface area contributed by atoms with Gasteiger partial charge in [0, 0.05) is 28.0 Å². The van der Waals surface area contributed by atoms with Crippen LogP contribution in [-0.4, -0.2) is 6.04 Å². The van der Waals surface area contributed by atoms with Crippen molar-refractivity contribution < 1.29 is 0 Å². The number of nitrogens with one attached hydrogen (secondary N) is 1. The minimum Gasteiger partial charge on any atom is -0.381 e. The van der Waals surface area contributed by atoms with E-state index in [1.165, 1.54) is 16.8 Å². The molecule has 0 saturated heterocycles. The highest BCUT2D eigenvalue weighted by molar-refractivity contribution is 7.08. The molecule has 1 N–H and O–H groups in total. The molecule has 2 unspecified atom stereocenters. The van der Waals surface area contributed by atoms with Gasteiger partial charge in [-0.1, -0.05) is 23.7 Å². The average molecular weight is 348 g/mol. The molecular weight excluding hydrogens is 330 g/mol. The summed E-state index contributed by atoms with van der Waals surface area (Å²) >= 11 is 9.48. The lowest BCUT2D eigenvalue weighted by atomic mass is 9.88. The molecule has 0 spiro atoms. The Kier molecular flexibility index (Phi) is 5.19. The lowest BCUT2D eigenvalue weighted by molar-refractivity contribution is 0.598. The van der Waals surface area contributed by atoms with Crippen molar-refractivity contribution in [2.24, 2.45) is 0 Å². The molecule has 0 aliphatic rings. The third-order valence-corrected chi connectivity index (χ3v) is 5.50. The quantitative estimate of drug-likeness (QED) is 0.552. The van der Waals surface area contributed by atoms with E-state index in [0.29, 0.717) is 12.0 Å². The lowest BCUT2D eigenvalue weighted by Gasteiger charge is -2.25. The largest absolute Gasteiger partial charge is 0.381 e. The van der Waals surface area contributed by atoms with E-state index in [1.54, 1.807) is 22.7 Å². The van der Waals surface area contributed by atoms with E-state index >= 15 is 0 Å². The SMILES string of the molecule is CC(Nc1ccsc1)C(Cc1ccc(Cl)cc1)c1ccsc1. The van der Waals surface area contributed by atoms with Crippen LogP contribution in [0.1, 0.15) is 24.0 Å². The number of benzene rings is 1. The maximum Gasteiger partial charge on any atom is 0.0451 e. The minimum absolute atomic E-state index is 0.361. The third kappa shape index (κ3) is 3.92. The highest BCUT2D eigenvalue weighted by Gasteiger charge is 2.20. The van der Waals surface area contributed by atoms with E-state index in [4.69, 9.17) is 11.6 Å². The second kappa shape index (κ2) is 7.32. The van der Waals surface area contributed by atoms with E-state index in [9.17, 15) is 0 Å². The van der Waals surface area contributed by atoms with Gasteiger partial charge in [0.1, 0.15) is 0 Å². The maximum atomic E-state index is 6.00. The van der Waals surface area contributed by atoms with Gasteiger partial charge in [0.25, 0.3) is 0 Å². The summed E-state index contributed by atoms with van der Waals surface area (Å²) in [5, 5.41) is 13.1. The predicted molar refractivity (Wildman–Crippen MR) is 99.6 cm³/mol. The number of hydrogen-bond acceptors (Lipinski definition) is 3. The molecule has 0 fully saturated rings. The van der Waals surface area contributed by atoms with Gasteiger partial charge in [0.05, 0.1) is 0 Å². The molecule has 2 atom stereocenters. The molecule has 1 nitrogen and oxygen atoms in total. The fourth-order valence-electron chi connectivity index (χ4n) is 2.65. The van der Waals surface area contributed by atoms with Gasteiger partial charge in [-0.05, 0) is 64.9 Å². The molecule has 0 amide bonds. The van der Waals surface area contributed by atoms with Crippen molar-refractivity contribution in [3.63, 3.8) is 0 Å². The number of rotatable bonds is 6. The van der Waals surface area contributed by atoms with E-state index in [2.05, 4.69) is 58.0 Å². The summed E-state index contributed by atoms with van der Waals surface area (Å²) in [4.78, 5) is 0. The standard InChI is InChI=1S/C18H18ClNS2/c1-13(20-17-7-9-22-12-17)18(15-6-8-21-11-15)10-14-2-4-16(19)5-3-14/h2-9,11-13,18,20H,10H2,1H3. The van der Waals surface area contributed by atoms with E-state index < -0.39 is 0 Å². The molecule has 0 aliphatic carbocycles. The molecule has 0 saturated carbocycles. The monoisotopic (exact) mass is 347 g/mol. The van der Waals surface area contributed by atoms with Crippen molar-refractivity contribution in [1.82, 2.24) is 0 Å². The molecule has 3 rings (SSSR count). The summed E-state index contributed by atoms with van der Waals surface area (Å²) in [6.07, 6.45) is 1.01. The van der Waals surface area contributed by atoms with Crippen LogP contribution < -0.4 is 5.32 Å². The summed E-state index contributed by atoms with van der Waals surface area (Å²) in [7, 11) is 0. The summed E-state index contributed by atoms with van der Waals surface area (Å²) in [5.74, 6) is 0.437. The van der Waals surface area contributed by atoms with Gasteiger partial charge in [-0.25, -0.2) is 0 Å². The van der Waals surface area contributed by atoms with Gasteiger partial charge < -0.3 is 5.32 Å². The van der Waals surface area contributed by atoms with Crippen LogP contribution in [0.25, 0.3) is 0 Å². The normalized spacial score (nSPS) is 13.7. The number of halogens is 1. The smallest absolute Gasteiger partial charge is 0.0451 e. The average Bonchev–Trinajstić information content (AvgIpc) is 3.19. The van der Waals surface area contributed by atoms with E-state index in [1.807, 2.05) is 12.1 Å². The van der Waals surface area contributed by atoms with Crippen molar-refractivity contribution >= 4 is 40.0 Å². The minimum atomic E-state index is 0.361. The fraction of sp³-hybridized carbons (Fsp3) is 0.222. The Balaban J connectivity index is 1.79. The second-order valence-corrected chi connectivity index (χ2v) is 7.44. The zero-order valence-electron chi connectivity index (χ0n) is 12.3. The highest BCUT2D eigenvalue weighted by atomic mass is 35.5. The molecule has 22 heavy (non-hydrogen) atoms. The zero-order chi connectivity index (χ0) is 15.4. The first-order chi connectivity index (χ1) is 10.7. The summed E-state index contributed by atoms with van der Waals surface area (Å²) < 4.78 is 0. The summed E-state index contributed by atoms with van der Waals surface area (Å²) in [6.45, 7) is 2.26. The first-order valence-electron chi connectivity index (χ1n) is 7.27. The van der Waals surface area contributed by atoms with Gasteiger partial charge in [-0.2, -0.15) is 22.7 Å². The van der Waals surface area contributed by atoms with Crippen LogP contribution in [0.5, 0.6) is 0 Å². The molecule has 0 bridgehead atoms. The van der Waals surface area contributed by atoms with Crippen molar-refractivity contribution in [1.29, 1.82) is 0 Å². The van der Waals surface area contributed by atoms with Crippen LogP contribution in [0.15, 0.2) is 57.9 Å². The van der Waals surface area contributed by atoms with Crippen molar-refractivity contribution in [2.45, 2.75) is 25.3 Å². The van der Waals surface area contributed by atoms with Crippen molar-refractivity contribution in [3.8, 4) is 0 Å². The van der Waals surface area contributed by atoms with Crippen LogP contribution >= 0.6 is 34.3 Å². The Hall–Kier alpha value is -1.29. The van der Waals surface area contributed by atoms with Crippen LogP contribution in [-0.2, 0) is 6.42 Å². The van der Waals surface area contributed by atoms with E-state index in [0.717, 1.165) is 11.4 Å². The molecule has 1 aromatic carbocycles. The van der Waals surface area contributed by atoms with Gasteiger partial charge in [-0.15, -0.1) is 0 Å². The maximum absolute atomic E-state index is 6.00. The molecule has 3 aromatic rings. The molecule has 0 aliphatic heterocycles. The van der Waals surface area contributed by atoms with Gasteiger partial charge in [0.2, 0.25) is 0 Å². The van der Waals surface area contributed by atoms with Crippen LogP contribution in [0, 0.1) is 0 Å². The Bertz CT molecular complexity index is 674. The van der Waals surface area contributed by atoms with Gasteiger partial charge in [-0.3, -0.25) is 0 Å². The van der Waals surface area contributed by atoms with Crippen LogP contribution in [0.2, 0.25) is 5.02 Å². The number of thiophene rings is 2. The molecular formula is C18H18ClNS2. The number of hydrogen-bond donors (Lipinski definition) is 1. The van der Waals surface area contributed by atoms with Crippen LogP contribution in [0.4, 0.5) is 5.69 Å². The molecule has 4 heteroatoms. The van der Waals surface area contributed by atoms with Crippen molar-refractivity contribution in [2.75, 3.05) is 5.32 Å². The third-order valence-electron chi connectivity index (χ3n) is 3.86. The Morgan fingerprint density at radius 1 is 1.00 bits per heavy atom. The van der Waals surface area contributed by atoms with Gasteiger partial charge >= 0.3 is 0 Å².